The van der Waals surface area contributed by atoms with Gasteiger partial charge in [-0.25, -0.2) is 4.39 Å². The summed E-state index contributed by atoms with van der Waals surface area (Å²) in [7, 11) is -2.97. The van der Waals surface area contributed by atoms with Gasteiger partial charge in [-0.1, -0.05) is 11.8 Å². The van der Waals surface area contributed by atoms with Crippen molar-refractivity contribution in [2.45, 2.75) is 0 Å². The van der Waals surface area contributed by atoms with Gasteiger partial charge in [0, 0.05) is 16.4 Å². The van der Waals surface area contributed by atoms with E-state index in [0.29, 0.717) is 0 Å². The van der Waals surface area contributed by atoms with Crippen LogP contribution in [0.1, 0.15) is 5.56 Å². The third-order valence-corrected chi connectivity index (χ3v) is 4.62. The minimum Gasteiger partial charge on any atom is -0.573 e. The number of nitrogens with zero attached hydrogens (tertiary/aromatic N) is 2. The zero-order chi connectivity index (χ0) is 15.9. The minimum absolute atomic E-state index is 0.163. The summed E-state index contributed by atoms with van der Waals surface area (Å²) >= 11 is 1.09. The van der Waals surface area contributed by atoms with Crippen molar-refractivity contribution in [1.29, 1.82) is 5.26 Å². The van der Waals surface area contributed by atoms with E-state index in [1.54, 1.807) is 0 Å². The normalized spacial score (nSPS) is 17.0. The fourth-order valence-electron chi connectivity index (χ4n) is 2.10. The van der Waals surface area contributed by atoms with Gasteiger partial charge >= 0.3 is 8.18 Å². The van der Waals surface area contributed by atoms with E-state index in [2.05, 4.69) is 5.32 Å². The molecule has 1 aliphatic heterocycles. The van der Waals surface area contributed by atoms with E-state index in [1.165, 1.54) is 17.7 Å². The van der Waals surface area contributed by atoms with Crippen molar-refractivity contribution in [3.05, 3.63) is 51.9 Å². The number of nitriles is 1. The fraction of sp³-hybridized carbons (Fsp3) is 0. The fourth-order valence-corrected chi connectivity index (χ4v) is 3.40. The molecule has 1 aromatic carbocycles. The molecule has 1 atom stereocenters. The molecule has 2 heterocycles. The number of halogens is 1. The first-order chi connectivity index (χ1) is 10.5. The molecule has 1 aliphatic rings. The second-order valence-corrected chi connectivity index (χ2v) is 6.14. The zero-order valence-electron chi connectivity index (χ0n) is 10.8. The summed E-state index contributed by atoms with van der Waals surface area (Å²) in [6.45, 7) is 0. The van der Waals surface area contributed by atoms with E-state index < -0.39 is 14.0 Å². The summed E-state index contributed by atoms with van der Waals surface area (Å²) in [6.07, 6.45) is 1.21. The summed E-state index contributed by atoms with van der Waals surface area (Å²) in [5.74, 6) is -0.800. The Hall–Kier alpha value is -2.33. The second-order valence-electron chi connectivity index (χ2n) is 4.35. The van der Waals surface area contributed by atoms with E-state index in [1.807, 2.05) is 6.07 Å². The number of hydrogen-bond acceptors (Lipinski definition) is 6. The Labute approximate surface area is 129 Å². The molecular weight excluding hydrogens is 328 g/mol. The SMILES string of the molecule is N#CC1=CSC(=C(O)c2cn([P+](=O)[O-])c3ccc(F)cc23)N1. The molecule has 1 unspecified atom stereocenters. The number of aliphatic hydroxyl groups is 1. The second kappa shape index (κ2) is 5.46. The maximum absolute atomic E-state index is 13.5. The van der Waals surface area contributed by atoms with Crippen molar-refractivity contribution in [2.24, 2.45) is 0 Å². The van der Waals surface area contributed by atoms with Gasteiger partial charge < -0.3 is 15.3 Å². The Bertz CT molecular complexity index is 913. The molecule has 2 aromatic rings. The predicted octanol–water partition coefficient (Wildman–Crippen LogP) is 2.53. The molecule has 0 radical (unpaired) electrons. The molecule has 6 nitrogen and oxygen atoms in total. The number of allylic oxidation sites excluding steroid dienone is 1. The van der Waals surface area contributed by atoms with E-state index in [-0.39, 0.29) is 33.0 Å². The van der Waals surface area contributed by atoms with Crippen LogP contribution in [0, 0.1) is 17.1 Å². The van der Waals surface area contributed by atoms with Crippen molar-refractivity contribution < 1.29 is 19.0 Å². The van der Waals surface area contributed by atoms with E-state index >= 15 is 0 Å². The summed E-state index contributed by atoms with van der Waals surface area (Å²) in [5.41, 5.74) is 0.684. The molecule has 22 heavy (non-hydrogen) atoms. The molecule has 9 heteroatoms. The van der Waals surface area contributed by atoms with E-state index in [9.17, 15) is 19.0 Å². The summed E-state index contributed by atoms with van der Waals surface area (Å²) in [6, 6.07) is 5.51. The molecule has 1 aromatic heterocycles. The number of rotatable bonds is 2. The molecule has 2 N–H and O–H groups in total. The van der Waals surface area contributed by atoms with Gasteiger partial charge in [0.1, 0.15) is 22.6 Å². The lowest BCUT2D eigenvalue weighted by molar-refractivity contribution is -0.166. The number of aromatic nitrogens is 1. The Kier molecular flexibility index (Phi) is 3.62. The Morgan fingerprint density at radius 3 is 2.95 bits per heavy atom. The van der Waals surface area contributed by atoms with Crippen LogP contribution in [0.3, 0.4) is 0 Å². The number of hydrogen-bond donors (Lipinski definition) is 2. The van der Waals surface area contributed by atoms with Gasteiger partial charge in [-0.05, 0) is 22.8 Å². The highest BCUT2D eigenvalue weighted by atomic mass is 32.2. The topological polar surface area (TPSA) is 101 Å². The summed E-state index contributed by atoms with van der Waals surface area (Å²) < 4.78 is 25.7. The number of aliphatic hydroxyl groups excluding tert-OH is 1. The molecule has 110 valence electrons. The van der Waals surface area contributed by atoms with Gasteiger partial charge in [-0.2, -0.15) is 5.26 Å². The molecular formula is C13H7FN3O3PS. The monoisotopic (exact) mass is 335 g/mol. The van der Waals surface area contributed by atoms with Crippen LogP contribution < -0.4 is 10.2 Å². The highest BCUT2D eigenvalue weighted by Gasteiger charge is 2.22. The highest BCUT2D eigenvalue weighted by Crippen LogP contribution is 2.36. The van der Waals surface area contributed by atoms with Gasteiger partial charge in [0.2, 0.25) is 0 Å². The average Bonchev–Trinajstić information content (AvgIpc) is 3.10. The minimum atomic E-state index is -2.97. The van der Waals surface area contributed by atoms with Crippen LogP contribution in [0.15, 0.2) is 40.5 Å². The van der Waals surface area contributed by atoms with Crippen LogP contribution in [-0.2, 0) is 4.57 Å². The zero-order valence-corrected chi connectivity index (χ0v) is 12.5. The van der Waals surface area contributed by atoms with Gasteiger partial charge in [-0.15, -0.1) is 4.34 Å². The van der Waals surface area contributed by atoms with Crippen LogP contribution in [0.25, 0.3) is 16.7 Å². The lowest BCUT2D eigenvalue weighted by atomic mass is 10.1. The summed E-state index contributed by atoms with van der Waals surface area (Å²) in [5, 5.41) is 23.9. The maximum Gasteiger partial charge on any atom is 0.444 e. The molecule has 0 amide bonds. The lowest BCUT2D eigenvalue weighted by Crippen LogP contribution is -2.05. The Morgan fingerprint density at radius 2 is 2.32 bits per heavy atom. The first-order valence-corrected chi connectivity index (χ1v) is 7.95. The molecule has 0 saturated heterocycles. The molecule has 0 saturated carbocycles. The smallest absolute Gasteiger partial charge is 0.444 e. The summed E-state index contributed by atoms with van der Waals surface area (Å²) in [4.78, 5) is 11.3. The number of fused-ring (bicyclic) bond motifs is 1. The van der Waals surface area contributed by atoms with Gasteiger partial charge in [-0.3, -0.25) is 0 Å². The number of nitrogens with one attached hydrogen (secondary N) is 1. The Balaban J connectivity index is 2.20. The molecule has 0 bridgehead atoms. The van der Waals surface area contributed by atoms with Crippen LogP contribution in [0.2, 0.25) is 0 Å². The van der Waals surface area contributed by atoms with Crippen molar-refractivity contribution in [3.8, 4) is 6.07 Å². The highest BCUT2D eigenvalue weighted by molar-refractivity contribution is 8.06. The largest absolute Gasteiger partial charge is 0.573 e. The van der Waals surface area contributed by atoms with Crippen LogP contribution in [0.5, 0.6) is 0 Å². The first kappa shape index (κ1) is 14.6. The average molecular weight is 335 g/mol. The predicted molar refractivity (Wildman–Crippen MR) is 78.9 cm³/mol. The van der Waals surface area contributed by atoms with Gasteiger partial charge in [0.15, 0.2) is 5.76 Å². The lowest BCUT2D eigenvalue weighted by Gasteiger charge is -2.03. The van der Waals surface area contributed by atoms with Crippen molar-refractivity contribution in [3.63, 3.8) is 0 Å². The molecule has 0 spiro atoms. The van der Waals surface area contributed by atoms with Crippen molar-refractivity contribution >= 4 is 36.6 Å². The van der Waals surface area contributed by atoms with Gasteiger partial charge in [0.05, 0.1) is 11.7 Å². The van der Waals surface area contributed by atoms with E-state index in [4.69, 9.17) is 5.26 Å². The number of benzene rings is 1. The standard InChI is InChI=1S/C13H7FN3O3PS/c14-7-1-2-11-9(3-7)10(5-17(11)21(19)20)12(18)13-16-8(4-15)6-22-13/h1-3,5-6,16,18H. The third kappa shape index (κ3) is 2.35. The molecule has 0 aliphatic carbocycles. The van der Waals surface area contributed by atoms with Crippen molar-refractivity contribution in [2.75, 3.05) is 0 Å². The third-order valence-electron chi connectivity index (χ3n) is 3.06. The van der Waals surface area contributed by atoms with Crippen LogP contribution in [0.4, 0.5) is 4.39 Å². The van der Waals surface area contributed by atoms with Crippen LogP contribution >= 0.6 is 19.9 Å². The maximum atomic E-state index is 13.5. The quantitative estimate of drug-likeness (QED) is 0.646. The van der Waals surface area contributed by atoms with Gasteiger partial charge in [0.25, 0.3) is 0 Å². The number of thioether (sulfide) groups is 1. The van der Waals surface area contributed by atoms with Crippen molar-refractivity contribution in [1.82, 2.24) is 9.65 Å². The molecule has 0 fully saturated rings. The van der Waals surface area contributed by atoms with E-state index in [0.717, 1.165) is 28.2 Å². The first-order valence-electron chi connectivity index (χ1n) is 5.94. The molecule has 3 rings (SSSR count). The Morgan fingerprint density at radius 1 is 1.55 bits per heavy atom. The van der Waals surface area contributed by atoms with Crippen LogP contribution in [-0.4, -0.2) is 9.44 Å².